The molecule has 82 valence electrons. The normalized spacial score (nSPS) is 20.4. The van der Waals surface area contributed by atoms with Crippen molar-refractivity contribution in [2.24, 2.45) is 0 Å². The molecule has 1 atom stereocenters. The molecule has 0 aromatic heterocycles. The van der Waals surface area contributed by atoms with Crippen molar-refractivity contribution in [2.45, 2.75) is 31.8 Å². The number of rotatable bonds is 0. The van der Waals surface area contributed by atoms with Gasteiger partial charge in [0.05, 0.1) is 6.10 Å². The van der Waals surface area contributed by atoms with Crippen molar-refractivity contribution < 1.29 is 5.11 Å². The molecule has 1 N–H and O–H groups in total. The van der Waals surface area contributed by atoms with Crippen LogP contribution in [0.3, 0.4) is 0 Å². The summed E-state index contributed by atoms with van der Waals surface area (Å²) in [5.41, 5.74) is 2.51. The van der Waals surface area contributed by atoms with Gasteiger partial charge in [-0.15, -0.1) is 0 Å². The summed E-state index contributed by atoms with van der Waals surface area (Å²) in [5, 5.41) is 12.7. The lowest BCUT2D eigenvalue weighted by molar-refractivity contribution is 0.167. The summed E-state index contributed by atoms with van der Waals surface area (Å²) in [7, 11) is 0. The van der Waals surface area contributed by atoms with E-state index in [0.717, 1.165) is 24.8 Å². The van der Waals surface area contributed by atoms with Crippen LogP contribution >= 0.6 is 0 Å². The van der Waals surface area contributed by atoms with Crippen molar-refractivity contribution >= 4 is 10.8 Å². The third-order valence-electron chi connectivity index (χ3n) is 3.59. The van der Waals surface area contributed by atoms with Crippen LogP contribution in [0.15, 0.2) is 36.4 Å². The predicted octanol–water partition coefficient (Wildman–Crippen LogP) is 3.60. The number of aliphatic hydroxyl groups excluding tert-OH is 1. The fourth-order valence-electron chi connectivity index (χ4n) is 2.74. The molecule has 0 spiro atoms. The van der Waals surface area contributed by atoms with Crippen LogP contribution in [0.4, 0.5) is 0 Å². The highest BCUT2D eigenvalue weighted by atomic mass is 16.3. The molecule has 0 heterocycles. The predicted molar refractivity (Wildman–Crippen MR) is 66.5 cm³/mol. The minimum Gasteiger partial charge on any atom is -0.388 e. The first-order chi connectivity index (χ1) is 7.86. The summed E-state index contributed by atoms with van der Waals surface area (Å²) in [6.07, 6.45) is 4.07. The van der Waals surface area contributed by atoms with Crippen molar-refractivity contribution in [2.75, 3.05) is 0 Å². The number of hydrogen-bond acceptors (Lipinski definition) is 1. The lowest BCUT2D eigenvalue weighted by atomic mass is 9.95. The second-order valence-electron chi connectivity index (χ2n) is 4.62. The molecule has 2 aromatic carbocycles. The van der Waals surface area contributed by atoms with Gasteiger partial charge in [0.15, 0.2) is 0 Å². The van der Waals surface area contributed by atoms with E-state index in [0.29, 0.717) is 0 Å². The van der Waals surface area contributed by atoms with Gasteiger partial charge in [-0.1, -0.05) is 42.8 Å². The van der Waals surface area contributed by atoms with Crippen LogP contribution in [0.25, 0.3) is 10.8 Å². The molecule has 0 amide bonds. The maximum atomic E-state index is 10.1. The molecule has 0 saturated heterocycles. The maximum absolute atomic E-state index is 10.1. The molecule has 2 aromatic rings. The Morgan fingerprint density at radius 3 is 2.81 bits per heavy atom. The number of benzene rings is 2. The monoisotopic (exact) mass is 212 g/mol. The lowest BCUT2D eigenvalue weighted by Gasteiger charge is -2.13. The SMILES string of the molecule is OC1CCCCc2c1ccc1ccccc21. The van der Waals surface area contributed by atoms with Crippen LogP contribution < -0.4 is 0 Å². The molecule has 1 heteroatoms. The van der Waals surface area contributed by atoms with Crippen LogP contribution in [-0.4, -0.2) is 5.11 Å². The van der Waals surface area contributed by atoms with Gasteiger partial charge in [0.2, 0.25) is 0 Å². The van der Waals surface area contributed by atoms with Crippen molar-refractivity contribution in [1.29, 1.82) is 0 Å². The standard InChI is InChI=1S/C15H16O/c16-15-8-4-3-7-13-12-6-2-1-5-11(12)9-10-14(13)15/h1-2,5-6,9-10,15-16H,3-4,7-8H2. The van der Waals surface area contributed by atoms with Crippen molar-refractivity contribution in [1.82, 2.24) is 0 Å². The van der Waals surface area contributed by atoms with Crippen LogP contribution in [0.1, 0.15) is 36.5 Å². The zero-order valence-corrected chi connectivity index (χ0v) is 9.32. The zero-order valence-electron chi connectivity index (χ0n) is 9.32. The summed E-state index contributed by atoms with van der Waals surface area (Å²) >= 11 is 0. The molecule has 0 saturated carbocycles. The van der Waals surface area contributed by atoms with Gasteiger partial charge in [0, 0.05) is 0 Å². The van der Waals surface area contributed by atoms with E-state index in [-0.39, 0.29) is 6.10 Å². The molecule has 0 fully saturated rings. The Bertz CT molecular complexity index is 516. The van der Waals surface area contributed by atoms with Crippen LogP contribution in [0, 0.1) is 0 Å². The second kappa shape index (κ2) is 3.91. The van der Waals surface area contributed by atoms with E-state index in [9.17, 15) is 5.11 Å². The van der Waals surface area contributed by atoms with Crippen LogP contribution in [-0.2, 0) is 6.42 Å². The summed E-state index contributed by atoms with van der Waals surface area (Å²) in [5.74, 6) is 0. The average Bonchev–Trinajstić information content (AvgIpc) is 2.52. The van der Waals surface area contributed by atoms with E-state index >= 15 is 0 Å². The van der Waals surface area contributed by atoms with E-state index < -0.39 is 0 Å². The first-order valence-corrected chi connectivity index (χ1v) is 6.05. The summed E-state index contributed by atoms with van der Waals surface area (Å²) in [6.45, 7) is 0. The first-order valence-electron chi connectivity index (χ1n) is 6.05. The smallest absolute Gasteiger partial charge is 0.0792 e. The summed E-state index contributed by atoms with van der Waals surface area (Å²) in [4.78, 5) is 0. The minimum absolute atomic E-state index is 0.262. The molecule has 0 aliphatic heterocycles. The van der Waals surface area contributed by atoms with E-state index in [1.54, 1.807) is 0 Å². The van der Waals surface area contributed by atoms with Gasteiger partial charge in [-0.3, -0.25) is 0 Å². The van der Waals surface area contributed by atoms with Crippen molar-refractivity contribution in [3.8, 4) is 0 Å². The Morgan fingerprint density at radius 2 is 1.88 bits per heavy atom. The highest BCUT2D eigenvalue weighted by molar-refractivity contribution is 5.87. The van der Waals surface area contributed by atoms with Gasteiger partial charge in [-0.05, 0) is 41.2 Å². The third kappa shape index (κ3) is 1.52. The van der Waals surface area contributed by atoms with E-state index in [1.165, 1.54) is 22.8 Å². The molecule has 0 bridgehead atoms. The van der Waals surface area contributed by atoms with Gasteiger partial charge in [-0.25, -0.2) is 0 Å². The molecular weight excluding hydrogens is 196 g/mol. The Hall–Kier alpha value is -1.34. The topological polar surface area (TPSA) is 20.2 Å². The second-order valence-corrected chi connectivity index (χ2v) is 4.62. The van der Waals surface area contributed by atoms with E-state index in [4.69, 9.17) is 0 Å². The third-order valence-corrected chi connectivity index (χ3v) is 3.59. The van der Waals surface area contributed by atoms with E-state index in [2.05, 4.69) is 36.4 Å². The number of hydrogen-bond donors (Lipinski definition) is 1. The number of fused-ring (bicyclic) bond motifs is 3. The number of aryl methyl sites for hydroxylation is 1. The molecular formula is C15H16O. The molecule has 3 rings (SSSR count). The fourth-order valence-corrected chi connectivity index (χ4v) is 2.74. The Morgan fingerprint density at radius 1 is 1.00 bits per heavy atom. The van der Waals surface area contributed by atoms with Gasteiger partial charge in [0.25, 0.3) is 0 Å². The number of aliphatic hydroxyl groups is 1. The maximum Gasteiger partial charge on any atom is 0.0792 e. The van der Waals surface area contributed by atoms with Gasteiger partial charge < -0.3 is 5.11 Å². The molecule has 1 nitrogen and oxygen atoms in total. The molecule has 16 heavy (non-hydrogen) atoms. The van der Waals surface area contributed by atoms with E-state index in [1.807, 2.05) is 0 Å². The lowest BCUT2D eigenvalue weighted by Crippen LogP contribution is -1.99. The quantitative estimate of drug-likeness (QED) is 0.661. The van der Waals surface area contributed by atoms with Crippen LogP contribution in [0.5, 0.6) is 0 Å². The van der Waals surface area contributed by atoms with Gasteiger partial charge in [0.1, 0.15) is 0 Å². The molecule has 0 radical (unpaired) electrons. The summed E-state index contributed by atoms with van der Waals surface area (Å²) in [6, 6.07) is 12.7. The molecule has 1 unspecified atom stereocenters. The highest BCUT2D eigenvalue weighted by Gasteiger charge is 2.17. The molecule has 1 aliphatic rings. The zero-order chi connectivity index (χ0) is 11.0. The van der Waals surface area contributed by atoms with Crippen molar-refractivity contribution in [3.05, 3.63) is 47.5 Å². The summed E-state index contributed by atoms with van der Waals surface area (Å²) < 4.78 is 0. The Balaban J connectivity index is 2.28. The first kappa shape index (κ1) is 9.86. The van der Waals surface area contributed by atoms with Gasteiger partial charge >= 0.3 is 0 Å². The van der Waals surface area contributed by atoms with Crippen molar-refractivity contribution in [3.63, 3.8) is 0 Å². The largest absolute Gasteiger partial charge is 0.388 e. The Labute approximate surface area is 95.7 Å². The highest BCUT2D eigenvalue weighted by Crippen LogP contribution is 2.33. The Kier molecular flexibility index (Phi) is 2.41. The molecule has 1 aliphatic carbocycles. The average molecular weight is 212 g/mol. The van der Waals surface area contributed by atoms with Gasteiger partial charge in [-0.2, -0.15) is 0 Å². The fraction of sp³-hybridized carbons (Fsp3) is 0.333. The minimum atomic E-state index is -0.262. The van der Waals surface area contributed by atoms with Crippen LogP contribution in [0.2, 0.25) is 0 Å².